The van der Waals surface area contributed by atoms with E-state index in [0.29, 0.717) is 22.3 Å². The normalized spacial score (nSPS) is 14.0. The molecular weight excluding hydrogens is 453 g/mol. The lowest BCUT2D eigenvalue weighted by Crippen LogP contribution is -2.15. The minimum Gasteiger partial charge on any atom is -0.322 e. The molecule has 5 rings (SSSR count). The van der Waals surface area contributed by atoms with Crippen molar-refractivity contribution >= 4 is 34.2 Å². The Balaban J connectivity index is 1.61. The summed E-state index contributed by atoms with van der Waals surface area (Å²) in [4.78, 5) is 18.1. The van der Waals surface area contributed by atoms with Crippen molar-refractivity contribution < 1.29 is 18.0 Å². The SMILES string of the molecule is Cc1nn(-c2ccccc2)c2nc(C3CC3)cc(C(=O)Nc3ccc(Cl)c(C(F)(F)F)c3)c12. The number of carbonyl (C=O) groups is 1. The number of benzene rings is 2. The first-order valence-electron chi connectivity index (χ1n) is 10.4. The summed E-state index contributed by atoms with van der Waals surface area (Å²) in [6.45, 7) is 1.78. The van der Waals surface area contributed by atoms with E-state index >= 15 is 0 Å². The molecule has 0 unspecified atom stereocenters. The van der Waals surface area contributed by atoms with Gasteiger partial charge in [0, 0.05) is 17.3 Å². The zero-order valence-electron chi connectivity index (χ0n) is 17.4. The molecule has 1 saturated carbocycles. The molecule has 33 heavy (non-hydrogen) atoms. The van der Waals surface area contributed by atoms with Crippen molar-refractivity contribution in [3.05, 3.63) is 82.1 Å². The summed E-state index contributed by atoms with van der Waals surface area (Å²) in [6, 6.07) is 14.5. The molecule has 5 nitrogen and oxygen atoms in total. The van der Waals surface area contributed by atoms with Gasteiger partial charge in [0.05, 0.1) is 32.9 Å². The standard InChI is InChI=1S/C24H18ClF3N4O/c1-13-21-17(23(33)29-15-9-10-19(25)18(11-15)24(26,27)28)12-20(14-7-8-14)30-22(21)32(31-13)16-5-3-2-4-6-16/h2-6,9-12,14H,7-8H2,1H3,(H,29,33). The summed E-state index contributed by atoms with van der Waals surface area (Å²) in [5.74, 6) is -0.275. The van der Waals surface area contributed by atoms with Crippen molar-refractivity contribution in [2.75, 3.05) is 5.32 Å². The van der Waals surface area contributed by atoms with Crippen molar-refractivity contribution in [3.8, 4) is 5.69 Å². The summed E-state index contributed by atoms with van der Waals surface area (Å²) < 4.78 is 41.4. The minimum atomic E-state index is -4.63. The van der Waals surface area contributed by atoms with Gasteiger partial charge in [-0.2, -0.15) is 18.3 Å². The molecular formula is C24H18ClF3N4O. The summed E-state index contributed by atoms with van der Waals surface area (Å²) in [5.41, 5.74) is 2.04. The van der Waals surface area contributed by atoms with Gasteiger partial charge in [-0.25, -0.2) is 9.67 Å². The Morgan fingerprint density at radius 2 is 1.85 bits per heavy atom. The van der Waals surface area contributed by atoms with Crippen LogP contribution in [0.3, 0.4) is 0 Å². The average Bonchev–Trinajstić information content (AvgIpc) is 3.58. The van der Waals surface area contributed by atoms with Crippen LogP contribution >= 0.6 is 11.6 Å². The summed E-state index contributed by atoms with van der Waals surface area (Å²) >= 11 is 5.70. The Bertz CT molecular complexity index is 1380. The number of amides is 1. The Morgan fingerprint density at radius 3 is 2.52 bits per heavy atom. The monoisotopic (exact) mass is 470 g/mol. The third-order valence-corrected chi connectivity index (χ3v) is 5.93. The second-order valence-corrected chi connectivity index (χ2v) is 8.45. The van der Waals surface area contributed by atoms with Crippen LogP contribution in [0.5, 0.6) is 0 Å². The van der Waals surface area contributed by atoms with Gasteiger partial charge in [0.2, 0.25) is 0 Å². The van der Waals surface area contributed by atoms with Crippen LogP contribution in [0.2, 0.25) is 5.02 Å². The number of pyridine rings is 1. The largest absolute Gasteiger partial charge is 0.417 e. The van der Waals surface area contributed by atoms with Crippen LogP contribution in [0.1, 0.15) is 46.1 Å². The molecule has 0 bridgehead atoms. The zero-order valence-corrected chi connectivity index (χ0v) is 18.2. The molecule has 0 radical (unpaired) electrons. The van der Waals surface area contributed by atoms with Crippen molar-refractivity contribution in [2.45, 2.75) is 31.9 Å². The lowest BCUT2D eigenvalue weighted by Gasteiger charge is -2.13. The van der Waals surface area contributed by atoms with Gasteiger partial charge in [0.15, 0.2) is 5.65 Å². The lowest BCUT2D eigenvalue weighted by atomic mass is 10.1. The number of hydrogen-bond acceptors (Lipinski definition) is 3. The summed E-state index contributed by atoms with van der Waals surface area (Å²) in [7, 11) is 0. The second kappa shape index (κ2) is 7.88. The lowest BCUT2D eigenvalue weighted by molar-refractivity contribution is -0.137. The van der Waals surface area contributed by atoms with Crippen molar-refractivity contribution in [1.29, 1.82) is 0 Å². The Kier molecular flexibility index (Phi) is 5.12. The van der Waals surface area contributed by atoms with Gasteiger partial charge in [0.1, 0.15) is 0 Å². The average molecular weight is 471 g/mol. The second-order valence-electron chi connectivity index (χ2n) is 8.05. The molecule has 0 atom stereocenters. The molecule has 168 valence electrons. The van der Waals surface area contributed by atoms with Gasteiger partial charge in [-0.15, -0.1) is 0 Å². The van der Waals surface area contributed by atoms with Crippen LogP contribution in [-0.2, 0) is 6.18 Å². The molecule has 1 N–H and O–H groups in total. The van der Waals surface area contributed by atoms with Crippen LogP contribution < -0.4 is 5.32 Å². The van der Waals surface area contributed by atoms with E-state index in [0.717, 1.165) is 36.4 Å². The fourth-order valence-electron chi connectivity index (χ4n) is 3.84. The van der Waals surface area contributed by atoms with Crippen molar-refractivity contribution in [1.82, 2.24) is 14.8 Å². The molecule has 1 aliphatic carbocycles. The molecule has 4 aromatic rings. The van der Waals surface area contributed by atoms with E-state index in [9.17, 15) is 18.0 Å². The molecule has 2 aromatic heterocycles. The molecule has 2 aromatic carbocycles. The molecule has 1 amide bonds. The molecule has 2 heterocycles. The predicted octanol–water partition coefficient (Wildman–Crippen LogP) is 6.53. The number of nitrogens with one attached hydrogen (secondary N) is 1. The van der Waals surface area contributed by atoms with Crippen molar-refractivity contribution in [2.24, 2.45) is 0 Å². The number of para-hydroxylation sites is 1. The van der Waals surface area contributed by atoms with Gasteiger partial charge in [-0.05, 0) is 56.2 Å². The maximum absolute atomic E-state index is 13.3. The first-order chi connectivity index (χ1) is 15.7. The highest BCUT2D eigenvalue weighted by Gasteiger charge is 2.34. The van der Waals surface area contributed by atoms with Gasteiger partial charge in [-0.1, -0.05) is 29.8 Å². The third-order valence-electron chi connectivity index (χ3n) is 5.60. The fraction of sp³-hybridized carbons (Fsp3) is 0.208. The molecule has 0 saturated heterocycles. The first kappa shape index (κ1) is 21.5. The fourth-order valence-corrected chi connectivity index (χ4v) is 4.07. The number of alkyl halides is 3. The summed E-state index contributed by atoms with van der Waals surface area (Å²) in [5, 5.41) is 7.32. The maximum Gasteiger partial charge on any atom is 0.417 e. The highest BCUT2D eigenvalue weighted by atomic mass is 35.5. The Hall–Kier alpha value is -3.39. The van der Waals surface area contributed by atoms with E-state index in [1.165, 1.54) is 6.07 Å². The Morgan fingerprint density at radius 1 is 1.12 bits per heavy atom. The topological polar surface area (TPSA) is 59.8 Å². The van der Waals surface area contributed by atoms with Gasteiger partial charge in [0.25, 0.3) is 5.91 Å². The number of carbonyl (C=O) groups excluding carboxylic acids is 1. The zero-order chi connectivity index (χ0) is 23.3. The first-order valence-corrected chi connectivity index (χ1v) is 10.7. The predicted molar refractivity (Wildman–Crippen MR) is 120 cm³/mol. The molecule has 1 fully saturated rings. The molecule has 0 aliphatic heterocycles. The van der Waals surface area contributed by atoms with E-state index in [1.54, 1.807) is 17.7 Å². The van der Waals surface area contributed by atoms with Gasteiger partial charge < -0.3 is 5.32 Å². The van der Waals surface area contributed by atoms with Crippen LogP contribution in [-0.4, -0.2) is 20.7 Å². The number of hydrogen-bond donors (Lipinski definition) is 1. The molecule has 1 aliphatic rings. The number of aromatic nitrogens is 3. The number of rotatable bonds is 4. The van der Waals surface area contributed by atoms with Crippen LogP contribution in [0.4, 0.5) is 18.9 Å². The maximum atomic E-state index is 13.3. The quantitative estimate of drug-likeness (QED) is 0.369. The number of fused-ring (bicyclic) bond motifs is 1. The number of halogens is 4. The molecule has 9 heteroatoms. The minimum absolute atomic E-state index is 0.00256. The van der Waals surface area contributed by atoms with E-state index in [2.05, 4.69) is 10.4 Å². The third kappa shape index (κ3) is 4.06. The smallest absolute Gasteiger partial charge is 0.322 e. The number of aryl methyl sites for hydroxylation is 1. The van der Waals surface area contributed by atoms with E-state index < -0.39 is 22.7 Å². The molecule has 0 spiro atoms. The number of nitrogens with zero attached hydrogens (tertiary/aromatic N) is 3. The highest BCUT2D eigenvalue weighted by Crippen LogP contribution is 2.41. The van der Waals surface area contributed by atoms with Crippen LogP contribution in [0.15, 0.2) is 54.6 Å². The van der Waals surface area contributed by atoms with Crippen molar-refractivity contribution in [3.63, 3.8) is 0 Å². The van der Waals surface area contributed by atoms with Crippen LogP contribution in [0.25, 0.3) is 16.7 Å². The van der Waals surface area contributed by atoms with E-state index in [4.69, 9.17) is 16.6 Å². The number of anilines is 1. The van der Waals surface area contributed by atoms with Gasteiger partial charge in [-0.3, -0.25) is 4.79 Å². The highest BCUT2D eigenvalue weighted by molar-refractivity contribution is 6.31. The van der Waals surface area contributed by atoms with Gasteiger partial charge >= 0.3 is 6.18 Å². The van der Waals surface area contributed by atoms with E-state index in [-0.39, 0.29) is 11.6 Å². The van der Waals surface area contributed by atoms with Crippen LogP contribution in [0, 0.1) is 6.92 Å². The summed E-state index contributed by atoms with van der Waals surface area (Å²) in [6.07, 6.45) is -2.68. The Labute approximate surface area is 192 Å². The van der Waals surface area contributed by atoms with E-state index in [1.807, 2.05) is 30.3 Å².